The molecule has 0 bridgehead atoms. The van der Waals surface area contributed by atoms with Crippen LogP contribution in [0.3, 0.4) is 0 Å². The summed E-state index contributed by atoms with van der Waals surface area (Å²) in [4.78, 5) is 16.4. The second-order valence-electron chi connectivity index (χ2n) is 5.85. The van der Waals surface area contributed by atoms with Gasteiger partial charge in [-0.2, -0.15) is 0 Å². The predicted molar refractivity (Wildman–Crippen MR) is 79.5 cm³/mol. The molecule has 4 nitrogen and oxygen atoms in total. The van der Waals surface area contributed by atoms with Crippen molar-refractivity contribution in [3.05, 3.63) is 35.4 Å². The Bertz CT molecular complexity index is 442. The Kier molecular flexibility index (Phi) is 5.15. The van der Waals surface area contributed by atoms with Crippen LogP contribution in [-0.4, -0.2) is 54.6 Å². The first-order valence-corrected chi connectivity index (χ1v) is 7.24. The monoisotopic (exact) mass is 276 g/mol. The van der Waals surface area contributed by atoms with Crippen LogP contribution in [-0.2, 0) is 6.54 Å². The zero-order valence-electron chi connectivity index (χ0n) is 12.4. The summed E-state index contributed by atoms with van der Waals surface area (Å²) in [6.07, 6.45) is 1.80. The van der Waals surface area contributed by atoms with Gasteiger partial charge in [-0.25, -0.2) is 0 Å². The van der Waals surface area contributed by atoms with E-state index in [1.807, 2.05) is 43.3 Å². The molecule has 0 spiro atoms. The SMILES string of the molecule is CN(C)Cc1ccc(C(=O)N2CCC(CCO)C2)cc1. The fourth-order valence-electron chi connectivity index (χ4n) is 2.74. The van der Waals surface area contributed by atoms with Crippen molar-refractivity contribution in [1.82, 2.24) is 9.80 Å². The summed E-state index contributed by atoms with van der Waals surface area (Å²) < 4.78 is 0. The Morgan fingerprint density at radius 1 is 1.35 bits per heavy atom. The minimum absolute atomic E-state index is 0.113. The van der Waals surface area contributed by atoms with Crippen LogP contribution in [0.2, 0.25) is 0 Å². The Hall–Kier alpha value is -1.39. The largest absolute Gasteiger partial charge is 0.396 e. The highest BCUT2D eigenvalue weighted by molar-refractivity contribution is 5.94. The molecule has 0 saturated carbocycles. The lowest BCUT2D eigenvalue weighted by molar-refractivity contribution is 0.0784. The molecule has 1 unspecified atom stereocenters. The van der Waals surface area contributed by atoms with Gasteiger partial charge >= 0.3 is 0 Å². The first kappa shape index (κ1) is 15.0. The van der Waals surface area contributed by atoms with Gasteiger partial charge in [-0.1, -0.05) is 12.1 Å². The smallest absolute Gasteiger partial charge is 0.253 e. The topological polar surface area (TPSA) is 43.8 Å². The third kappa shape index (κ3) is 3.81. The van der Waals surface area contributed by atoms with Crippen LogP contribution in [0.15, 0.2) is 24.3 Å². The summed E-state index contributed by atoms with van der Waals surface area (Å²) in [6, 6.07) is 7.88. The number of carbonyl (C=O) groups excluding carboxylic acids is 1. The lowest BCUT2D eigenvalue weighted by atomic mass is 10.1. The normalized spacial score (nSPS) is 18.8. The van der Waals surface area contributed by atoms with Gasteiger partial charge < -0.3 is 14.9 Å². The molecule has 0 aromatic heterocycles. The Morgan fingerprint density at radius 2 is 2.05 bits per heavy atom. The zero-order valence-corrected chi connectivity index (χ0v) is 12.4. The van der Waals surface area contributed by atoms with E-state index in [9.17, 15) is 4.79 Å². The highest BCUT2D eigenvalue weighted by atomic mass is 16.3. The van der Waals surface area contributed by atoms with Gasteiger partial charge in [0.25, 0.3) is 5.91 Å². The number of rotatable bonds is 5. The third-order valence-electron chi connectivity index (χ3n) is 3.81. The van der Waals surface area contributed by atoms with Gasteiger partial charge in [0.1, 0.15) is 0 Å². The van der Waals surface area contributed by atoms with Crippen molar-refractivity contribution in [2.45, 2.75) is 19.4 Å². The molecule has 4 heteroatoms. The van der Waals surface area contributed by atoms with Crippen LogP contribution in [0, 0.1) is 5.92 Å². The van der Waals surface area contributed by atoms with Crippen molar-refractivity contribution in [3.63, 3.8) is 0 Å². The van der Waals surface area contributed by atoms with E-state index >= 15 is 0 Å². The van der Waals surface area contributed by atoms with E-state index in [4.69, 9.17) is 5.11 Å². The average Bonchev–Trinajstić information content (AvgIpc) is 2.87. The van der Waals surface area contributed by atoms with Gasteiger partial charge in [0.2, 0.25) is 0 Å². The second-order valence-corrected chi connectivity index (χ2v) is 5.85. The molecule has 0 aliphatic carbocycles. The fourth-order valence-corrected chi connectivity index (χ4v) is 2.74. The van der Waals surface area contributed by atoms with Gasteiger partial charge in [-0.15, -0.1) is 0 Å². The molecule has 20 heavy (non-hydrogen) atoms. The fraction of sp³-hybridized carbons (Fsp3) is 0.562. The van der Waals surface area contributed by atoms with E-state index in [1.165, 1.54) is 5.56 Å². The number of aliphatic hydroxyl groups excluding tert-OH is 1. The summed E-state index contributed by atoms with van der Waals surface area (Å²) >= 11 is 0. The van der Waals surface area contributed by atoms with E-state index in [0.717, 1.165) is 38.0 Å². The highest BCUT2D eigenvalue weighted by Gasteiger charge is 2.26. The van der Waals surface area contributed by atoms with E-state index in [1.54, 1.807) is 0 Å². The minimum atomic E-state index is 0.113. The first-order valence-electron chi connectivity index (χ1n) is 7.24. The van der Waals surface area contributed by atoms with Crippen LogP contribution in [0.5, 0.6) is 0 Å². The van der Waals surface area contributed by atoms with Crippen molar-refractivity contribution < 1.29 is 9.90 Å². The van der Waals surface area contributed by atoms with Gasteiger partial charge in [0.05, 0.1) is 0 Å². The lowest BCUT2D eigenvalue weighted by Crippen LogP contribution is -2.28. The molecule has 110 valence electrons. The number of aliphatic hydroxyl groups is 1. The van der Waals surface area contributed by atoms with Crippen LogP contribution >= 0.6 is 0 Å². The number of hydrogen-bond acceptors (Lipinski definition) is 3. The molecule has 1 aromatic carbocycles. The maximum absolute atomic E-state index is 12.4. The molecule has 1 N–H and O–H groups in total. The quantitative estimate of drug-likeness (QED) is 0.888. The van der Waals surface area contributed by atoms with Crippen molar-refractivity contribution in [1.29, 1.82) is 0 Å². The predicted octanol–water partition coefficient (Wildman–Crippen LogP) is 1.59. The molecule has 1 heterocycles. The molecule has 1 aliphatic rings. The Balaban J connectivity index is 1.96. The molecule has 1 fully saturated rings. The number of nitrogens with zero attached hydrogens (tertiary/aromatic N) is 2. The molecule has 1 atom stereocenters. The van der Waals surface area contributed by atoms with Gasteiger partial charge in [0.15, 0.2) is 0 Å². The van der Waals surface area contributed by atoms with E-state index in [2.05, 4.69) is 4.90 Å². The number of carbonyl (C=O) groups is 1. The molecular formula is C16H24N2O2. The van der Waals surface area contributed by atoms with Gasteiger partial charge in [-0.05, 0) is 50.6 Å². The average molecular weight is 276 g/mol. The molecule has 0 radical (unpaired) electrons. The maximum atomic E-state index is 12.4. The van der Waals surface area contributed by atoms with E-state index in [-0.39, 0.29) is 12.5 Å². The zero-order chi connectivity index (χ0) is 14.5. The van der Waals surface area contributed by atoms with Crippen LogP contribution in [0.4, 0.5) is 0 Å². The Morgan fingerprint density at radius 3 is 2.65 bits per heavy atom. The van der Waals surface area contributed by atoms with Crippen molar-refractivity contribution in [2.24, 2.45) is 5.92 Å². The minimum Gasteiger partial charge on any atom is -0.396 e. The van der Waals surface area contributed by atoms with Gasteiger partial charge in [0, 0.05) is 31.8 Å². The summed E-state index contributed by atoms with van der Waals surface area (Å²) in [6.45, 7) is 2.69. The molecular weight excluding hydrogens is 252 g/mol. The molecule has 1 aromatic rings. The van der Waals surface area contributed by atoms with E-state index in [0.29, 0.717) is 5.92 Å². The maximum Gasteiger partial charge on any atom is 0.253 e. The van der Waals surface area contributed by atoms with Crippen molar-refractivity contribution >= 4 is 5.91 Å². The lowest BCUT2D eigenvalue weighted by Gasteiger charge is -2.17. The highest BCUT2D eigenvalue weighted by Crippen LogP contribution is 2.21. The number of benzene rings is 1. The summed E-state index contributed by atoms with van der Waals surface area (Å²) in [5, 5.41) is 8.96. The summed E-state index contributed by atoms with van der Waals surface area (Å²) in [5.41, 5.74) is 1.98. The number of amides is 1. The third-order valence-corrected chi connectivity index (χ3v) is 3.81. The van der Waals surface area contributed by atoms with E-state index < -0.39 is 0 Å². The first-order chi connectivity index (χ1) is 9.60. The summed E-state index contributed by atoms with van der Waals surface area (Å²) in [7, 11) is 4.06. The molecule has 2 rings (SSSR count). The molecule has 1 aliphatic heterocycles. The second kappa shape index (κ2) is 6.86. The Labute approximate surface area is 121 Å². The number of likely N-dealkylation sites (tertiary alicyclic amines) is 1. The summed E-state index contributed by atoms with van der Waals surface area (Å²) in [5.74, 6) is 0.568. The van der Waals surface area contributed by atoms with Crippen LogP contribution in [0.25, 0.3) is 0 Å². The van der Waals surface area contributed by atoms with Crippen LogP contribution in [0.1, 0.15) is 28.8 Å². The standard InChI is InChI=1S/C16H24N2O2/c1-17(2)11-13-3-5-15(6-4-13)16(20)18-9-7-14(12-18)8-10-19/h3-6,14,19H,7-12H2,1-2H3. The van der Waals surface area contributed by atoms with Gasteiger partial charge in [-0.3, -0.25) is 4.79 Å². The molecule has 1 amide bonds. The van der Waals surface area contributed by atoms with Crippen molar-refractivity contribution in [2.75, 3.05) is 33.8 Å². The molecule has 1 saturated heterocycles. The number of hydrogen-bond donors (Lipinski definition) is 1. The van der Waals surface area contributed by atoms with Crippen molar-refractivity contribution in [3.8, 4) is 0 Å². The van der Waals surface area contributed by atoms with Crippen LogP contribution < -0.4 is 0 Å².